The molecule has 0 bridgehead atoms. The van der Waals surface area contributed by atoms with Crippen molar-refractivity contribution in [2.45, 2.75) is 39.7 Å². The van der Waals surface area contributed by atoms with Crippen LogP contribution in [0, 0.1) is 13.8 Å². The number of ether oxygens (including phenoxy) is 1. The third kappa shape index (κ3) is 2.94. The molecule has 5 heteroatoms. The smallest absolute Gasteiger partial charge is 0.127 e. The molecule has 114 valence electrons. The molecule has 0 spiro atoms. The molecule has 0 radical (unpaired) electrons. The highest BCUT2D eigenvalue weighted by Gasteiger charge is 2.25. The lowest BCUT2D eigenvalue weighted by molar-refractivity contribution is 0.402. The SMILES string of the molecule is CNC(c1ccc(C)c(C)c1OC)c1snnc1C(C)C. The number of hydrogen-bond acceptors (Lipinski definition) is 5. The molecule has 2 rings (SSSR count). The number of nitrogens with zero attached hydrogens (tertiary/aromatic N) is 2. The summed E-state index contributed by atoms with van der Waals surface area (Å²) in [6, 6.07) is 4.32. The summed E-state index contributed by atoms with van der Waals surface area (Å²) < 4.78 is 9.81. The minimum atomic E-state index is 0.0525. The zero-order valence-electron chi connectivity index (χ0n) is 13.5. The van der Waals surface area contributed by atoms with Gasteiger partial charge in [0, 0.05) is 5.56 Å². The van der Waals surface area contributed by atoms with Gasteiger partial charge in [0.2, 0.25) is 0 Å². The molecular weight excluding hydrogens is 282 g/mol. The molecule has 0 saturated heterocycles. The van der Waals surface area contributed by atoms with Crippen molar-refractivity contribution in [3.05, 3.63) is 39.4 Å². The number of aryl methyl sites for hydroxylation is 1. The van der Waals surface area contributed by atoms with Crippen molar-refractivity contribution in [3.63, 3.8) is 0 Å². The standard InChI is InChI=1S/C16H23N3OS/c1-9(2)13-16(21-19-18-13)14(17-5)12-8-7-10(3)11(4)15(12)20-6/h7-9,14,17H,1-6H3. The van der Waals surface area contributed by atoms with Crippen LogP contribution in [-0.4, -0.2) is 23.7 Å². The number of hydrogen-bond donors (Lipinski definition) is 1. The summed E-state index contributed by atoms with van der Waals surface area (Å²) in [6.45, 7) is 8.48. The van der Waals surface area contributed by atoms with E-state index in [0.29, 0.717) is 5.92 Å². The monoisotopic (exact) mass is 305 g/mol. The molecule has 1 aromatic heterocycles. The van der Waals surface area contributed by atoms with Crippen LogP contribution in [0.5, 0.6) is 5.75 Å². The quantitative estimate of drug-likeness (QED) is 0.917. The van der Waals surface area contributed by atoms with E-state index in [1.54, 1.807) is 7.11 Å². The summed E-state index contributed by atoms with van der Waals surface area (Å²) in [5.41, 5.74) is 4.60. The van der Waals surface area contributed by atoms with Gasteiger partial charge in [-0.25, -0.2) is 0 Å². The first-order chi connectivity index (χ1) is 10.0. The number of benzene rings is 1. The molecule has 21 heavy (non-hydrogen) atoms. The first-order valence-corrected chi connectivity index (χ1v) is 7.92. The second-order valence-electron chi connectivity index (χ2n) is 5.53. The Bertz CT molecular complexity index is 622. The van der Waals surface area contributed by atoms with E-state index in [0.717, 1.165) is 21.9 Å². The molecule has 0 fully saturated rings. The van der Waals surface area contributed by atoms with E-state index in [1.165, 1.54) is 22.7 Å². The van der Waals surface area contributed by atoms with Crippen LogP contribution < -0.4 is 10.1 Å². The molecular formula is C16H23N3OS. The van der Waals surface area contributed by atoms with Crippen LogP contribution >= 0.6 is 11.5 Å². The van der Waals surface area contributed by atoms with Gasteiger partial charge in [0.05, 0.1) is 23.7 Å². The summed E-state index contributed by atoms with van der Waals surface area (Å²) in [5.74, 6) is 1.30. The van der Waals surface area contributed by atoms with Crippen LogP contribution in [-0.2, 0) is 0 Å². The van der Waals surface area contributed by atoms with Gasteiger partial charge in [-0.15, -0.1) is 5.10 Å². The van der Waals surface area contributed by atoms with E-state index in [1.807, 2.05) is 7.05 Å². The maximum Gasteiger partial charge on any atom is 0.127 e. The Morgan fingerprint density at radius 1 is 1.24 bits per heavy atom. The molecule has 0 aliphatic rings. The van der Waals surface area contributed by atoms with Crippen LogP contribution in [0.3, 0.4) is 0 Å². The predicted molar refractivity (Wildman–Crippen MR) is 87.4 cm³/mol. The Morgan fingerprint density at radius 3 is 2.52 bits per heavy atom. The van der Waals surface area contributed by atoms with Crippen molar-refractivity contribution in [1.82, 2.24) is 14.9 Å². The van der Waals surface area contributed by atoms with Crippen LogP contribution in [0.4, 0.5) is 0 Å². The van der Waals surface area contributed by atoms with Gasteiger partial charge >= 0.3 is 0 Å². The summed E-state index contributed by atoms with van der Waals surface area (Å²) >= 11 is 1.46. The zero-order chi connectivity index (χ0) is 15.6. The largest absolute Gasteiger partial charge is 0.496 e. The zero-order valence-corrected chi connectivity index (χ0v) is 14.3. The van der Waals surface area contributed by atoms with Crippen LogP contribution in [0.1, 0.15) is 53.1 Å². The second kappa shape index (κ2) is 6.54. The van der Waals surface area contributed by atoms with E-state index in [9.17, 15) is 0 Å². The highest BCUT2D eigenvalue weighted by atomic mass is 32.1. The second-order valence-corrected chi connectivity index (χ2v) is 6.31. The fourth-order valence-corrected chi connectivity index (χ4v) is 3.48. The van der Waals surface area contributed by atoms with Gasteiger partial charge in [0.15, 0.2) is 0 Å². The lowest BCUT2D eigenvalue weighted by Gasteiger charge is -2.21. The van der Waals surface area contributed by atoms with Crippen molar-refractivity contribution < 1.29 is 4.74 Å². The molecule has 0 aliphatic heterocycles. The van der Waals surface area contributed by atoms with Crippen molar-refractivity contribution in [2.75, 3.05) is 14.2 Å². The summed E-state index contributed by atoms with van der Waals surface area (Å²) in [5, 5.41) is 7.68. The molecule has 2 aromatic rings. The maximum atomic E-state index is 5.66. The molecule has 1 aromatic carbocycles. The van der Waals surface area contributed by atoms with E-state index in [4.69, 9.17) is 4.74 Å². The highest BCUT2D eigenvalue weighted by molar-refractivity contribution is 7.05. The summed E-state index contributed by atoms with van der Waals surface area (Å²) in [4.78, 5) is 1.16. The fourth-order valence-electron chi connectivity index (χ4n) is 2.54. The van der Waals surface area contributed by atoms with Crippen LogP contribution in [0.2, 0.25) is 0 Å². The molecule has 0 amide bonds. The molecule has 1 N–H and O–H groups in total. The Labute approximate surface area is 130 Å². The maximum absolute atomic E-state index is 5.66. The predicted octanol–water partition coefficient (Wildman–Crippen LogP) is 3.60. The molecule has 0 aliphatic carbocycles. The van der Waals surface area contributed by atoms with E-state index in [2.05, 4.69) is 54.7 Å². The summed E-state index contributed by atoms with van der Waals surface area (Å²) in [7, 11) is 3.69. The van der Waals surface area contributed by atoms with Gasteiger partial charge in [-0.2, -0.15) is 0 Å². The molecule has 0 saturated carbocycles. The van der Waals surface area contributed by atoms with E-state index in [-0.39, 0.29) is 6.04 Å². The van der Waals surface area contributed by atoms with Crippen molar-refractivity contribution >= 4 is 11.5 Å². The third-order valence-electron chi connectivity index (χ3n) is 3.86. The Kier molecular flexibility index (Phi) is 4.96. The molecule has 1 heterocycles. The number of rotatable bonds is 5. The third-order valence-corrected chi connectivity index (χ3v) is 4.67. The van der Waals surface area contributed by atoms with Crippen molar-refractivity contribution in [3.8, 4) is 5.75 Å². The lowest BCUT2D eigenvalue weighted by atomic mass is 9.96. The Morgan fingerprint density at radius 2 is 1.95 bits per heavy atom. The minimum absolute atomic E-state index is 0.0525. The van der Waals surface area contributed by atoms with E-state index >= 15 is 0 Å². The number of aromatic nitrogens is 2. The molecule has 1 atom stereocenters. The van der Waals surface area contributed by atoms with Crippen molar-refractivity contribution in [1.29, 1.82) is 0 Å². The Balaban J connectivity index is 2.57. The summed E-state index contributed by atoms with van der Waals surface area (Å²) in [6.07, 6.45) is 0. The number of methoxy groups -OCH3 is 1. The van der Waals surface area contributed by atoms with Gasteiger partial charge in [0.1, 0.15) is 5.75 Å². The van der Waals surface area contributed by atoms with Crippen molar-refractivity contribution in [2.24, 2.45) is 0 Å². The molecule has 4 nitrogen and oxygen atoms in total. The van der Waals surface area contributed by atoms with Gasteiger partial charge in [0.25, 0.3) is 0 Å². The van der Waals surface area contributed by atoms with Crippen LogP contribution in [0.15, 0.2) is 12.1 Å². The van der Waals surface area contributed by atoms with Gasteiger partial charge < -0.3 is 10.1 Å². The van der Waals surface area contributed by atoms with Gasteiger partial charge in [-0.3, -0.25) is 0 Å². The molecule has 1 unspecified atom stereocenters. The Hall–Kier alpha value is -1.46. The van der Waals surface area contributed by atoms with Gasteiger partial charge in [-0.1, -0.05) is 30.5 Å². The number of nitrogens with one attached hydrogen (secondary N) is 1. The average molecular weight is 305 g/mol. The van der Waals surface area contributed by atoms with Crippen LogP contribution in [0.25, 0.3) is 0 Å². The first-order valence-electron chi connectivity index (χ1n) is 7.14. The fraction of sp³-hybridized carbons (Fsp3) is 0.500. The normalized spacial score (nSPS) is 12.7. The average Bonchev–Trinajstić information content (AvgIpc) is 2.93. The van der Waals surface area contributed by atoms with Gasteiger partial charge in [-0.05, 0) is 49.5 Å². The topological polar surface area (TPSA) is 47.0 Å². The highest BCUT2D eigenvalue weighted by Crippen LogP contribution is 2.37. The van der Waals surface area contributed by atoms with E-state index < -0.39 is 0 Å². The lowest BCUT2D eigenvalue weighted by Crippen LogP contribution is -2.19. The minimum Gasteiger partial charge on any atom is -0.496 e. The first kappa shape index (κ1) is 15.9.